The largest absolute Gasteiger partial charge is 0.341 e. The van der Waals surface area contributed by atoms with E-state index < -0.39 is 0 Å². The Morgan fingerprint density at radius 3 is 2.80 bits per heavy atom. The number of amides is 1. The predicted octanol–water partition coefficient (Wildman–Crippen LogP) is 4.46. The van der Waals surface area contributed by atoms with Crippen molar-refractivity contribution in [1.29, 1.82) is 0 Å². The first-order valence-corrected chi connectivity index (χ1v) is 9.51. The molecule has 6 heteroatoms. The lowest BCUT2D eigenvalue weighted by Gasteiger charge is -2.17. The molecule has 25 heavy (non-hydrogen) atoms. The Balaban J connectivity index is 1.66. The second-order valence-corrected chi connectivity index (χ2v) is 7.17. The smallest absolute Gasteiger partial charge is 0.233 e. The van der Waals surface area contributed by atoms with E-state index in [4.69, 9.17) is 11.6 Å². The van der Waals surface area contributed by atoms with E-state index in [0.29, 0.717) is 17.3 Å². The van der Waals surface area contributed by atoms with Gasteiger partial charge < -0.3 is 9.47 Å². The maximum Gasteiger partial charge on any atom is 0.233 e. The minimum atomic E-state index is 0.0692. The zero-order chi connectivity index (χ0) is 17.8. The van der Waals surface area contributed by atoms with E-state index in [2.05, 4.69) is 22.5 Å². The zero-order valence-corrected chi connectivity index (χ0v) is 15.8. The topological polar surface area (TPSA) is 38.1 Å². The number of para-hydroxylation sites is 2. The third-order valence-electron chi connectivity index (χ3n) is 4.00. The third-order valence-corrected chi connectivity index (χ3v) is 5.19. The van der Waals surface area contributed by atoms with Gasteiger partial charge in [0.1, 0.15) is 0 Å². The van der Waals surface area contributed by atoms with Crippen LogP contribution in [0, 0.1) is 0 Å². The van der Waals surface area contributed by atoms with Gasteiger partial charge in [-0.1, -0.05) is 47.6 Å². The average Bonchev–Trinajstić information content (AvgIpc) is 2.97. The Morgan fingerprint density at radius 1 is 1.24 bits per heavy atom. The zero-order valence-electron chi connectivity index (χ0n) is 14.3. The van der Waals surface area contributed by atoms with E-state index in [1.54, 1.807) is 4.90 Å². The minimum Gasteiger partial charge on any atom is -0.341 e. The molecule has 1 aromatic heterocycles. The number of aryl methyl sites for hydroxylation is 1. The fourth-order valence-electron chi connectivity index (χ4n) is 2.70. The quantitative estimate of drug-likeness (QED) is 0.599. The summed E-state index contributed by atoms with van der Waals surface area (Å²) in [5.41, 5.74) is 3.09. The van der Waals surface area contributed by atoms with Gasteiger partial charge in [-0.3, -0.25) is 4.79 Å². The minimum absolute atomic E-state index is 0.0692. The van der Waals surface area contributed by atoms with Crippen LogP contribution in [0.2, 0.25) is 5.02 Å². The molecule has 0 aliphatic rings. The molecular formula is C19H20ClN3OS. The summed E-state index contributed by atoms with van der Waals surface area (Å²) < 4.78 is 2.14. The lowest BCUT2D eigenvalue weighted by Crippen LogP contribution is -2.27. The molecule has 0 aliphatic carbocycles. The average molecular weight is 374 g/mol. The Kier molecular flexibility index (Phi) is 5.66. The maximum atomic E-state index is 12.5. The Morgan fingerprint density at radius 2 is 2.04 bits per heavy atom. The molecular weight excluding hydrogens is 354 g/mol. The van der Waals surface area contributed by atoms with Crippen molar-refractivity contribution in [2.45, 2.75) is 25.2 Å². The van der Waals surface area contributed by atoms with Gasteiger partial charge in [-0.05, 0) is 36.8 Å². The SMILES string of the molecule is CCn1c(SCC(=O)N(C)Cc2cccc(Cl)c2)nc2ccccc21. The number of hydrogen-bond acceptors (Lipinski definition) is 3. The highest BCUT2D eigenvalue weighted by Gasteiger charge is 2.14. The van der Waals surface area contributed by atoms with Crippen molar-refractivity contribution in [1.82, 2.24) is 14.5 Å². The molecule has 0 unspecified atom stereocenters. The number of carbonyl (C=O) groups is 1. The van der Waals surface area contributed by atoms with Crippen LogP contribution in [0.15, 0.2) is 53.7 Å². The molecule has 1 heterocycles. The van der Waals surface area contributed by atoms with Crippen LogP contribution >= 0.6 is 23.4 Å². The van der Waals surface area contributed by atoms with Crippen molar-refractivity contribution in [3.05, 3.63) is 59.1 Å². The number of fused-ring (bicyclic) bond motifs is 1. The molecule has 3 rings (SSSR count). The van der Waals surface area contributed by atoms with E-state index in [0.717, 1.165) is 28.3 Å². The normalized spacial score (nSPS) is 11.0. The molecule has 0 saturated carbocycles. The summed E-state index contributed by atoms with van der Waals surface area (Å²) in [6, 6.07) is 15.6. The maximum absolute atomic E-state index is 12.5. The first-order valence-electron chi connectivity index (χ1n) is 8.15. The van der Waals surface area contributed by atoms with Gasteiger partial charge >= 0.3 is 0 Å². The number of imidazole rings is 1. The van der Waals surface area contributed by atoms with Crippen LogP contribution < -0.4 is 0 Å². The van der Waals surface area contributed by atoms with Gasteiger partial charge in [-0.25, -0.2) is 4.98 Å². The highest BCUT2D eigenvalue weighted by atomic mass is 35.5. The number of halogens is 1. The van der Waals surface area contributed by atoms with Gasteiger partial charge in [-0.15, -0.1) is 0 Å². The molecule has 0 aliphatic heterocycles. The van der Waals surface area contributed by atoms with Gasteiger partial charge in [0, 0.05) is 25.2 Å². The first kappa shape index (κ1) is 17.8. The number of carbonyl (C=O) groups excluding carboxylic acids is 1. The van der Waals surface area contributed by atoms with Crippen molar-refractivity contribution in [2.24, 2.45) is 0 Å². The molecule has 0 atom stereocenters. The summed E-state index contributed by atoms with van der Waals surface area (Å²) in [6.45, 7) is 3.46. The molecule has 3 aromatic rings. The summed E-state index contributed by atoms with van der Waals surface area (Å²) in [5.74, 6) is 0.431. The van der Waals surface area contributed by atoms with Crippen LogP contribution in [-0.4, -0.2) is 33.2 Å². The Labute approximate surface area is 156 Å². The fraction of sp³-hybridized carbons (Fsp3) is 0.263. The number of hydrogen-bond donors (Lipinski definition) is 0. The van der Waals surface area contributed by atoms with Gasteiger partial charge in [0.15, 0.2) is 5.16 Å². The molecule has 2 aromatic carbocycles. The molecule has 4 nitrogen and oxygen atoms in total. The fourth-order valence-corrected chi connectivity index (χ4v) is 3.94. The van der Waals surface area contributed by atoms with Gasteiger partial charge in [0.2, 0.25) is 5.91 Å². The monoisotopic (exact) mass is 373 g/mol. The lowest BCUT2D eigenvalue weighted by molar-refractivity contribution is -0.127. The van der Waals surface area contributed by atoms with Crippen molar-refractivity contribution in [3.63, 3.8) is 0 Å². The Bertz CT molecular complexity index is 893. The predicted molar refractivity (Wildman–Crippen MR) is 104 cm³/mol. The van der Waals surface area contributed by atoms with E-state index in [9.17, 15) is 4.79 Å². The second kappa shape index (κ2) is 7.93. The highest BCUT2D eigenvalue weighted by Crippen LogP contribution is 2.24. The number of aromatic nitrogens is 2. The van der Waals surface area contributed by atoms with Crippen molar-refractivity contribution < 1.29 is 4.79 Å². The standard InChI is InChI=1S/C19H20ClN3OS/c1-3-23-17-10-5-4-9-16(17)21-19(23)25-13-18(24)22(2)12-14-7-6-8-15(20)11-14/h4-11H,3,12-13H2,1-2H3. The van der Waals surface area contributed by atoms with Crippen molar-refractivity contribution in [2.75, 3.05) is 12.8 Å². The van der Waals surface area contributed by atoms with Crippen molar-refractivity contribution >= 4 is 40.3 Å². The van der Waals surface area contributed by atoms with Crippen LogP contribution in [0.1, 0.15) is 12.5 Å². The molecule has 0 radical (unpaired) electrons. The van der Waals surface area contributed by atoms with Gasteiger partial charge in [0.25, 0.3) is 0 Å². The van der Waals surface area contributed by atoms with Crippen LogP contribution in [0.3, 0.4) is 0 Å². The van der Waals surface area contributed by atoms with Crippen LogP contribution in [0.25, 0.3) is 11.0 Å². The lowest BCUT2D eigenvalue weighted by atomic mass is 10.2. The number of benzene rings is 2. The van der Waals surface area contributed by atoms with Crippen molar-refractivity contribution in [3.8, 4) is 0 Å². The molecule has 1 amide bonds. The Hall–Kier alpha value is -1.98. The van der Waals surface area contributed by atoms with Crippen LogP contribution in [-0.2, 0) is 17.9 Å². The summed E-state index contributed by atoms with van der Waals surface area (Å²) >= 11 is 7.48. The van der Waals surface area contributed by atoms with Crippen LogP contribution in [0.4, 0.5) is 0 Å². The summed E-state index contributed by atoms with van der Waals surface area (Å²) in [5, 5.41) is 1.57. The number of thioether (sulfide) groups is 1. The molecule has 0 bridgehead atoms. The summed E-state index contributed by atoms with van der Waals surface area (Å²) in [7, 11) is 1.81. The summed E-state index contributed by atoms with van der Waals surface area (Å²) in [6.07, 6.45) is 0. The van der Waals surface area contributed by atoms with Crippen LogP contribution in [0.5, 0.6) is 0 Å². The first-order chi connectivity index (χ1) is 12.1. The van der Waals surface area contributed by atoms with E-state index >= 15 is 0 Å². The van der Waals surface area contributed by atoms with Gasteiger partial charge in [-0.2, -0.15) is 0 Å². The molecule has 0 spiro atoms. The van der Waals surface area contributed by atoms with Gasteiger partial charge in [0.05, 0.1) is 16.8 Å². The molecule has 0 fully saturated rings. The second-order valence-electron chi connectivity index (χ2n) is 5.80. The van der Waals surface area contributed by atoms with E-state index in [1.807, 2.05) is 49.5 Å². The summed E-state index contributed by atoms with van der Waals surface area (Å²) in [4.78, 5) is 18.8. The highest BCUT2D eigenvalue weighted by molar-refractivity contribution is 7.99. The van der Waals surface area contributed by atoms with E-state index in [1.165, 1.54) is 11.8 Å². The molecule has 130 valence electrons. The number of nitrogens with zero attached hydrogens (tertiary/aromatic N) is 3. The molecule has 0 saturated heterocycles. The third kappa shape index (κ3) is 4.17. The molecule has 0 N–H and O–H groups in total. The van der Waals surface area contributed by atoms with E-state index in [-0.39, 0.29) is 5.91 Å². The number of rotatable bonds is 6.